The number of fused-ring (bicyclic) bond motifs is 1. The molecule has 0 fully saturated rings. The SMILES string of the molecule is Nc1cccc2nc(-c3c(NC[C@@H](O)c4ccccc4)cc[nH]c3=O)[nH]c12. The highest BCUT2D eigenvalue weighted by molar-refractivity contribution is 5.90. The Morgan fingerprint density at radius 3 is 2.70 bits per heavy atom. The fraction of sp³-hybridized carbons (Fsp3) is 0.100. The van der Waals surface area contributed by atoms with Gasteiger partial charge in [-0.3, -0.25) is 4.79 Å². The fourth-order valence-corrected chi connectivity index (χ4v) is 3.03. The number of pyridine rings is 1. The predicted molar refractivity (Wildman–Crippen MR) is 106 cm³/mol. The molecule has 0 aliphatic carbocycles. The van der Waals surface area contributed by atoms with Crippen LogP contribution in [0.2, 0.25) is 0 Å². The lowest BCUT2D eigenvalue weighted by atomic mass is 10.1. The van der Waals surface area contributed by atoms with Crippen molar-refractivity contribution in [3.8, 4) is 11.4 Å². The van der Waals surface area contributed by atoms with Gasteiger partial charge in [0.2, 0.25) is 0 Å². The molecule has 2 aromatic heterocycles. The minimum absolute atomic E-state index is 0.253. The molecule has 7 heteroatoms. The maximum Gasteiger partial charge on any atom is 0.261 e. The summed E-state index contributed by atoms with van der Waals surface area (Å²) in [5, 5.41) is 13.5. The molecule has 0 saturated heterocycles. The average Bonchev–Trinajstić information content (AvgIpc) is 3.12. The zero-order valence-corrected chi connectivity index (χ0v) is 14.4. The number of imidazole rings is 1. The molecule has 0 amide bonds. The van der Waals surface area contributed by atoms with Gasteiger partial charge in [-0.15, -0.1) is 0 Å². The molecule has 0 spiro atoms. The van der Waals surface area contributed by atoms with E-state index < -0.39 is 6.10 Å². The van der Waals surface area contributed by atoms with Crippen molar-refractivity contribution in [1.82, 2.24) is 15.0 Å². The smallest absolute Gasteiger partial charge is 0.261 e. The molecule has 2 heterocycles. The number of para-hydroxylation sites is 1. The summed E-state index contributed by atoms with van der Waals surface area (Å²) in [6, 6.07) is 16.5. The maximum atomic E-state index is 12.5. The van der Waals surface area contributed by atoms with Crippen molar-refractivity contribution in [1.29, 1.82) is 0 Å². The second-order valence-electron chi connectivity index (χ2n) is 6.23. The molecular formula is C20H19N5O2. The molecule has 7 nitrogen and oxygen atoms in total. The van der Waals surface area contributed by atoms with Crippen molar-refractivity contribution < 1.29 is 5.11 Å². The zero-order chi connectivity index (χ0) is 18.8. The summed E-state index contributed by atoms with van der Waals surface area (Å²) in [6.45, 7) is 0.253. The lowest BCUT2D eigenvalue weighted by Gasteiger charge is -2.14. The lowest BCUT2D eigenvalue weighted by molar-refractivity contribution is 0.191. The number of hydrogen-bond acceptors (Lipinski definition) is 5. The molecule has 2 aromatic carbocycles. The molecule has 136 valence electrons. The normalized spacial score (nSPS) is 12.2. The van der Waals surface area contributed by atoms with Crippen LogP contribution >= 0.6 is 0 Å². The second kappa shape index (κ2) is 6.97. The number of anilines is 2. The first-order valence-electron chi connectivity index (χ1n) is 8.56. The van der Waals surface area contributed by atoms with Gasteiger partial charge in [0.25, 0.3) is 5.56 Å². The Morgan fingerprint density at radius 1 is 1.11 bits per heavy atom. The van der Waals surface area contributed by atoms with Crippen LogP contribution in [0.25, 0.3) is 22.4 Å². The quantitative estimate of drug-likeness (QED) is 0.350. The Bertz CT molecular complexity index is 1130. The number of aliphatic hydroxyl groups excluding tert-OH is 1. The summed E-state index contributed by atoms with van der Waals surface area (Å²) >= 11 is 0. The van der Waals surface area contributed by atoms with Gasteiger partial charge in [0.1, 0.15) is 11.4 Å². The second-order valence-corrected chi connectivity index (χ2v) is 6.23. The number of H-pyrrole nitrogens is 2. The van der Waals surface area contributed by atoms with Crippen molar-refractivity contribution in [2.45, 2.75) is 6.10 Å². The van der Waals surface area contributed by atoms with Gasteiger partial charge >= 0.3 is 0 Å². The molecule has 0 aliphatic heterocycles. The van der Waals surface area contributed by atoms with E-state index in [4.69, 9.17) is 5.73 Å². The molecule has 4 rings (SSSR count). The van der Waals surface area contributed by atoms with Gasteiger partial charge in [0, 0.05) is 12.7 Å². The van der Waals surface area contributed by atoms with Gasteiger partial charge in [-0.2, -0.15) is 0 Å². The van der Waals surface area contributed by atoms with E-state index in [1.54, 1.807) is 18.3 Å². The van der Waals surface area contributed by atoms with E-state index in [0.717, 1.165) is 5.56 Å². The van der Waals surface area contributed by atoms with Crippen LogP contribution in [0.5, 0.6) is 0 Å². The molecule has 27 heavy (non-hydrogen) atoms. The Balaban J connectivity index is 1.67. The van der Waals surface area contributed by atoms with Crippen LogP contribution in [0.4, 0.5) is 11.4 Å². The van der Waals surface area contributed by atoms with Gasteiger partial charge in [0.15, 0.2) is 0 Å². The maximum absolute atomic E-state index is 12.5. The number of nitrogens with two attached hydrogens (primary N) is 1. The first-order valence-corrected chi connectivity index (χ1v) is 8.56. The molecule has 6 N–H and O–H groups in total. The Morgan fingerprint density at radius 2 is 1.93 bits per heavy atom. The summed E-state index contributed by atoms with van der Waals surface area (Å²) in [7, 11) is 0. The summed E-state index contributed by atoms with van der Waals surface area (Å²) in [4.78, 5) is 22.7. The number of aliphatic hydroxyl groups is 1. The number of nitrogen functional groups attached to an aromatic ring is 1. The molecule has 0 radical (unpaired) electrons. The van der Waals surface area contributed by atoms with E-state index in [0.29, 0.717) is 33.8 Å². The number of hydrogen-bond donors (Lipinski definition) is 5. The topological polar surface area (TPSA) is 120 Å². The number of nitrogens with zero attached hydrogens (tertiary/aromatic N) is 1. The number of nitrogens with one attached hydrogen (secondary N) is 3. The number of aromatic nitrogens is 3. The van der Waals surface area contributed by atoms with Crippen LogP contribution in [0.1, 0.15) is 11.7 Å². The molecule has 0 saturated carbocycles. The van der Waals surface area contributed by atoms with Crippen LogP contribution in [-0.4, -0.2) is 26.6 Å². The summed E-state index contributed by atoms with van der Waals surface area (Å²) < 4.78 is 0. The van der Waals surface area contributed by atoms with Crippen molar-refractivity contribution in [3.05, 3.63) is 76.7 Å². The standard InChI is InChI=1S/C20H19N5O2/c21-13-7-4-8-15-18(13)25-19(24-15)17-14(9-10-22-20(17)27)23-11-16(26)12-5-2-1-3-6-12/h1-10,16,26H,11,21H2,(H,24,25)(H2,22,23,27)/t16-/m1/s1. The van der Waals surface area contributed by atoms with Crippen LogP contribution in [-0.2, 0) is 0 Å². The van der Waals surface area contributed by atoms with E-state index in [9.17, 15) is 9.90 Å². The molecule has 0 aliphatic rings. The largest absolute Gasteiger partial charge is 0.397 e. The highest BCUT2D eigenvalue weighted by atomic mass is 16.3. The molecule has 1 atom stereocenters. The lowest BCUT2D eigenvalue weighted by Crippen LogP contribution is -2.17. The van der Waals surface area contributed by atoms with E-state index in [1.165, 1.54) is 0 Å². The molecule has 0 bridgehead atoms. The molecule has 0 unspecified atom stereocenters. The van der Waals surface area contributed by atoms with Gasteiger partial charge in [-0.05, 0) is 23.8 Å². The molecule has 4 aromatic rings. The predicted octanol–water partition coefficient (Wildman–Crippen LogP) is 2.65. The summed E-state index contributed by atoms with van der Waals surface area (Å²) in [5.41, 5.74) is 9.37. The monoisotopic (exact) mass is 361 g/mol. The fourth-order valence-electron chi connectivity index (χ4n) is 3.03. The van der Waals surface area contributed by atoms with E-state index in [1.807, 2.05) is 42.5 Å². The van der Waals surface area contributed by atoms with Crippen LogP contribution in [0.15, 0.2) is 65.6 Å². The Kier molecular flexibility index (Phi) is 4.35. The molecular weight excluding hydrogens is 342 g/mol. The van der Waals surface area contributed by atoms with Gasteiger partial charge in [0.05, 0.1) is 28.5 Å². The van der Waals surface area contributed by atoms with E-state index in [2.05, 4.69) is 20.3 Å². The zero-order valence-electron chi connectivity index (χ0n) is 14.4. The van der Waals surface area contributed by atoms with Gasteiger partial charge in [-0.25, -0.2) is 4.98 Å². The van der Waals surface area contributed by atoms with Gasteiger partial charge in [-0.1, -0.05) is 36.4 Å². The Labute approximate surface area is 154 Å². The Hall–Kier alpha value is -3.58. The van der Waals surface area contributed by atoms with E-state index >= 15 is 0 Å². The van der Waals surface area contributed by atoms with Crippen LogP contribution in [0.3, 0.4) is 0 Å². The third-order valence-corrected chi connectivity index (χ3v) is 4.42. The third-order valence-electron chi connectivity index (χ3n) is 4.42. The van der Waals surface area contributed by atoms with Gasteiger partial charge < -0.3 is 26.1 Å². The minimum Gasteiger partial charge on any atom is -0.397 e. The van der Waals surface area contributed by atoms with Crippen molar-refractivity contribution in [3.63, 3.8) is 0 Å². The average molecular weight is 361 g/mol. The van der Waals surface area contributed by atoms with Crippen LogP contribution < -0.4 is 16.6 Å². The van der Waals surface area contributed by atoms with Crippen LogP contribution in [0, 0.1) is 0 Å². The third kappa shape index (κ3) is 3.28. The first kappa shape index (κ1) is 16.9. The summed E-state index contributed by atoms with van der Waals surface area (Å²) in [5.74, 6) is 0.418. The van der Waals surface area contributed by atoms with Crippen molar-refractivity contribution in [2.24, 2.45) is 0 Å². The van der Waals surface area contributed by atoms with E-state index in [-0.39, 0.29) is 12.1 Å². The number of aromatic amines is 2. The minimum atomic E-state index is -0.704. The highest BCUT2D eigenvalue weighted by Gasteiger charge is 2.16. The van der Waals surface area contributed by atoms with Crippen molar-refractivity contribution in [2.75, 3.05) is 17.6 Å². The number of rotatable bonds is 5. The number of benzene rings is 2. The van der Waals surface area contributed by atoms with Crippen molar-refractivity contribution >= 4 is 22.4 Å². The summed E-state index contributed by atoms with van der Waals surface area (Å²) in [6.07, 6.45) is 0.852. The highest BCUT2D eigenvalue weighted by Crippen LogP contribution is 2.27. The first-order chi connectivity index (χ1) is 13.1.